The van der Waals surface area contributed by atoms with Gasteiger partial charge in [0.25, 0.3) is 31.7 Å². The summed E-state index contributed by atoms with van der Waals surface area (Å²) in [5.41, 5.74) is 5.03. The molecule has 14 rings (SSSR count). The molecule has 4 aliphatic carbocycles. The highest BCUT2D eigenvalue weighted by Crippen LogP contribution is 2.79. The van der Waals surface area contributed by atoms with Crippen molar-refractivity contribution in [2.45, 2.75) is 170 Å². The highest BCUT2D eigenvalue weighted by Gasteiger charge is 2.68. The van der Waals surface area contributed by atoms with Gasteiger partial charge in [0, 0.05) is 131 Å². The average molecular weight is 1560 g/mol. The number of aliphatic hydroxyl groups excluding tert-OH is 1. The van der Waals surface area contributed by atoms with Crippen LogP contribution in [0.3, 0.4) is 0 Å². The van der Waals surface area contributed by atoms with Gasteiger partial charge in [-0.15, -0.1) is 23.1 Å². The van der Waals surface area contributed by atoms with Gasteiger partial charge in [0.15, 0.2) is 0 Å². The molecule has 8 aliphatic rings. The predicted molar refractivity (Wildman–Crippen MR) is 415 cm³/mol. The Labute approximate surface area is 641 Å². The summed E-state index contributed by atoms with van der Waals surface area (Å²) in [6.45, 7) is 22.0. The van der Waals surface area contributed by atoms with Crippen molar-refractivity contribution < 1.29 is 59.0 Å². The fourth-order valence-corrected chi connectivity index (χ4v) is 21.2. The number of carbonyl (C=O) groups is 4. The Kier molecular flexibility index (Phi) is 23.7. The van der Waals surface area contributed by atoms with E-state index in [0.717, 1.165) is 115 Å². The van der Waals surface area contributed by atoms with Gasteiger partial charge < -0.3 is 45.0 Å². The van der Waals surface area contributed by atoms with Crippen LogP contribution in [-0.4, -0.2) is 196 Å². The number of aromatic nitrogens is 1. The van der Waals surface area contributed by atoms with E-state index in [4.69, 9.17) is 4.74 Å². The predicted octanol–water partition coefficient (Wildman–Crippen LogP) is 12.4. The molecule has 2 bridgehead atoms. The fourth-order valence-electron chi connectivity index (χ4n) is 17.3. The van der Waals surface area contributed by atoms with Crippen LogP contribution in [0.15, 0.2) is 147 Å². The number of carbonyl (C=O) groups excluding carboxylic acids is 4. The first-order valence-electron chi connectivity index (χ1n) is 38.0. The molecule has 27 heteroatoms. The van der Waals surface area contributed by atoms with Crippen molar-refractivity contribution in [1.29, 1.82) is 0 Å². The van der Waals surface area contributed by atoms with Crippen molar-refractivity contribution in [2.75, 3.05) is 101 Å². The Bertz CT molecular complexity index is 4520. The number of amides is 4. The zero-order chi connectivity index (χ0) is 76.5. The lowest BCUT2D eigenvalue weighted by Gasteiger charge is -2.73. The maximum atomic E-state index is 14.7. The average Bonchev–Trinajstić information content (AvgIpc) is 1.33. The number of thiazole rings is 1. The van der Waals surface area contributed by atoms with Crippen molar-refractivity contribution in [3.05, 3.63) is 160 Å². The molecule has 3 saturated carbocycles. The summed E-state index contributed by atoms with van der Waals surface area (Å²) in [5, 5.41) is 17.0. The molecule has 0 unspecified atom stereocenters. The Hall–Kier alpha value is -7.37. The van der Waals surface area contributed by atoms with E-state index < -0.39 is 76.9 Å². The number of hydrogen-bond acceptors (Lipinski definition) is 18. The van der Waals surface area contributed by atoms with Crippen LogP contribution in [-0.2, 0) is 42.5 Å². The molecular formula is C81H101F3N10O10S4. The molecular weight excluding hydrogens is 1460 g/mol. The third kappa shape index (κ3) is 17.4. The van der Waals surface area contributed by atoms with E-state index in [0.29, 0.717) is 78.5 Å². The number of allylic oxidation sites excluding steroid dienone is 1. The maximum absolute atomic E-state index is 14.7. The highest BCUT2D eigenvalue weighted by atomic mass is 32.2. The molecule has 0 radical (unpaired) electrons. The summed E-state index contributed by atoms with van der Waals surface area (Å²) in [5.74, 6) is -1.45. The molecule has 0 spiro atoms. The first-order chi connectivity index (χ1) is 51.5. The van der Waals surface area contributed by atoms with Crippen LogP contribution in [0.5, 0.6) is 5.75 Å². The van der Waals surface area contributed by atoms with Crippen molar-refractivity contribution in [3.63, 3.8) is 0 Å². The first-order valence-corrected chi connectivity index (χ1v) is 42.9. The van der Waals surface area contributed by atoms with Gasteiger partial charge in [-0.1, -0.05) is 101 Å². The Morgan fingerprint density at radius 3 is 2.20 bits per heavy atom. The summed E-state index contributed by atoms with van der Waals surface area (Å²) in [4.78, 5) is 72.4. The van der Waals surface area contributed by atoms with Gasteiger partial charge in [-0.05, 0) is 171 Å². The Morgan fingerprint density at radius 2 is 1.53 bits per heavy atom. The summed E-state index contributed by atoms with van der Waals surface area (Å²) >= 11 is 2.95. The zero-order valence-corrected chi connectivity index (χ0v) is 65.8. The van der Waals surface area contributed by atoms with Gasteiger partial charge >= 0.3 is 5.51 Å². The van der Waals surface area contributed by atoms with E-state index in [1.54, 1.807) is 45.8 Å². The number of unbranched alkanes of at least 4 members (excludes halogenated alkanes) is 1. The molecule has 5 heterocycles. The number of halogens is 3. The topological polar surface area (TPSA) is 234 Å². The number of β-amino-alcohol motifs (C(OH)–C–C–N with tert-alkyl or cyclic N) is 1. The lowest BCUT2D eigenvalue weighted by atomic mass is 9.31. The number of nitrogens with zero attached hydrogens (tertiary/aromatic N) is 7. The minimum absolute atomic E-state index is 0.00272. The summed E-state index contributed by atoms with van der Waals surface area (Å²) < 4.78 is 107. The normalized spacial score (nSPS) is 22.5. The maximum Gasteiger partial charge on any atom is 0.501 e. The SMILES string of the molecule is CCC12CC(C3=C(CN4CCN(c5ccc(C(=O)NS(=O)(=O)c6ccc(N[C@H](CCN7CCN(CCCCOc8cc(-c9scnc9C)ccc8CNC(=O)[C@@H]8C[C@@H](O)CN8C(=O)[C@H](C(C)C)N8Cc9ccccc9C8=O)CC7)CSc7ccccc7)c(S(=O)(=O)C(F)(F)F)c6)cc5)CC4)CCC(C)(C)C3)(C1)C2. The third-order valence-corrected chi connectivity index (χ3v) is 28.5. The van der Waals surface area contributed by atoms with Crippen LogP contribution in [0.4, 0.5) is 24.5 Å². The van der Waals surface area contributed by atoms with Crippen LogP contribution < -0.4 is 25.0 Å². The second-order valence-electron chi connectivity index (χ2n) is 31.9. The molecule has 108 heavy (non-hydrogen) atoms. The standard InChI is InChI=1S/C81H101F3N10O10S4/c1-7-79-50-80(51-79,52-79)67-44-78(5,6)29-27-60(67)46-91-36-38-92(39-37-91)62-23-21-56(22-24-62)74(96)88-108(102,103)65-25-26-68(71(43-65)107(100,101)81(82,83)84)87-61(49-105-64-16-9-8-10-17-64)28-31-90-34-32-89(33-35-90)30-13-14-40-104-70-41-57(73-55(4)86-53-106-73)19-20-58(70)45-85-75(97)69-42-63(95)48-93(69)77(99)72(54(2)3)94-47-59-15-11-12-18-66(59)76(94)98/h8-12,15-26,41,43,53-54,61,63,69,72,87,95H,7,13-14,27-40,42,44-52H2,1-6H3,(H,85,97)(H,88,96)/t61-,63-,69+,72+,79?,80?/m1/s1. The number of sulfone groups is 1. The number of fused-ring (bicyclic) bond motifs is 1. The van der Waals surface area contributed by atoms with Crippen LogP contribution >= 0.6 is 23.1 Å². The number of hydrogen-bond donors (Lipinski definition) is 4. The molecule has 6 fully saturated rings. The van der Waals surface area contributed by atoms with Gasteiger partial charge in [-0.3, -0.25) is 24.1 Å². The van der Waals surface area contributed by atoms with E-state index in [-0.39, 0.29) is 49.4 Å². The Balaban J connectivity index is 0.596. The molecule has 3 saturated heterocycles. The van der Waals surface area contributed by atoms with E-state index in [1.807, 2.05) is 86.2 Å². The van der Waals surface area contributed by atoms with Gasteiger partial charge in [0.1, 0.15) is 22.7 Å². The second kappa shape index (κ2) is 32.5. The summed E-state index contributed by atoms with van der Waals surface area (Å²) in [6.07, 6.45) is 9.88. The number of anilines is 2. The van der Waals surface area contributed by atoms with Gasteiger partial charge in [0.05, 0.1) is 39.4 Å². The number of nitrogens with one attached hydrogen (secondary N) is 3. The number of piperazine rings is 2. The number of ether oxygens (including phenoxy) is 1. The lowest BCUT2D eigenvalue weighted by Crippen LogP contribution is -2.63. The third-order valence-electron chi connectivity index (χ3n) is 23.5. The number of sulfonamides is 1. The van der Waals surface area contributed by atoms with E-state index in [1.165, 1.54) is 78.7 Å². The number of rotatable bonds is 30. The number of benzene rings is 5. The van der Waals surface area contributed by atoms with Crippen molar-refractivity contribution in [2.24, 2.45) is 22.2 Å². The van der Waals surface area contributed by atoms with Gasteiger partial charge in [-0.2, -0.15) is 13.2 Å². The van der Waals surface area contributed by atoms with Gasteiger partial charge in [-0.25, -0.2) is 26.5 Å². The van der Waals surface area contributed by atoms with Crippen molar-refractivity contribution in [1.82, 2.24) is 39.5 Å². The quantitative estimate of drug-likeness (QED) is 0.0186. The minimum Gasteiger partial charge on any atom is -0.493 e. The van der Waals surface area contributed by atoms with Crippen molar-refractivity contribution in [3.8, 4) is 16.2 Å². The van der Waals surface area contributed by atoms with Crippen LogP contribution in [0, 0.1) is 29.1 Å². The number of aryl methyl sites for hydroxylation is 1. The van der Waals surface area contributed by atoms with E-state index in [9.17, 15) is 54.3 Å². The van der Waals surface area contributed by atoms with Gasteiger partial charge in [0.2, 0.25) is 11.8 Å². The molecule has 4 atom stereocenters. The van der Waals surface area contributed by atoms with Crippen molar-refractivity contribution >= 4 is 78.0 Å². The molecule has 5 aromatic carbocycles. The number of aliphatic hydroxyl groups is 1. The summed E-state index contributed by atoms with van der Waals surface area (Å²) in [7, 11) is -11.1. The molecule has 4 aliphatic heterocycles. The Morgan fingerprint density at radius 1 is 0.833 bits per heavy atom. The zero-order valence-electron chi connectivity index (χ0n) is 62.5. The number of thioether (sulfide) groups is 1. The number of likely N-dealkylation sites (tertiary alicyclic amines) is 1. The van der Waals surface area contributed by atoms with E-state index >= 15 is 0 Å². The summed E-state index contributed by atoms with van der Waals surface area (Å²) in [6, 6.07) is 29.1. The van der Waals surface area contributed by atoms with Crippen LogP contribution in [0.1, 0.15) is 143 Å². The molecule has 20 nitrogen and oxygen atoms in total. The molecule has 6 aromatic rings. The highest BCUT2D eigenvalue weighted by molar-refractivity contribution is 7.99. The molecule has 580 valence electrons. The van der Waals surface area contributed by atoms with E-state index in [2.05, 4.69) is 56.0 Å². The monoisotopic (exact) mass is 1560 g/mol. The largest absolute Gasteiger partial charge is 0.501 e. The fraction of sp³-hybridized carbons (Fsp3) is 0.519. The lowest BCUT2D eigenvalue weighted by molar-refractivity contribution is -0.182. The smallest absolute Gasteiger partial charge is 0.493 e. The molecule has 4 amide bonds. The molecule has 4 N–H and O–H groups in total. The minimum atomic E-state index is -6.15. The number of alkyl halides is 3. The first kappa shape index (κ1) is 78.7. The van der Waals surface area contributed by atoms with Crippen LogP contribution in [0.25, 0.3) is 10.4 Å². The molecule has 1 aromatic heterocycles. The second-order valence-corrected chi connectivity index (χ2v) is 37.5. The van der Waals surface area contributed by atoms with Crippen LogP contribution in [0.2, 0.25) is 0 Å².